The van der Waals surface area contributed by atoms with Gasteiger partial charge in [-0.25, -0.2) is 0 Å². The summed E-state index contributed by atoms with van der Waals surface area (Å²) in [5.74, 6) is -0.0222. The third-order valence-electron chi connectivity index (χ3n) is 10.4. The van der Waals surface area contributed by atoms with E-state index in [-0.39, 0.29) is 31.1 Å². The number of carbonyl (C=O) groups is 3. The molecule has 0 aromatic carbocycles. The molecule has 0 spiro atoms. The molecule has 0 bridgehead atoms. The predicted octanol–water partition coefficient (Wildman–Crippen LogP) is 13.9. The van der Waals surface area contributed by atoms with Crippen molar-refractivity contribution in [2.75, 3.05) is 13.2 Å². The number of hydrogen-bond donors (Lipinski definition) is 0. The quantitative estimate of drug-likeness (QED) is 0.0356. The van der Waals surface area contributed by atoms with Crippen LogP contribution in [0.2, 0.25) is 0 Å². The van der Waals surface area contributed by atoms with Gasteiger partial charge in [0.25, 0.3) is 0 Å². The van der Waals surface area contributed by atoms with Crippen molar-refractivity contribution in [1.29, 1.82) is 0 Å². The first-order valence-electron chi connectivity index (χ1n) is 22.4. The number of unbranched alkanes of at least 4 members (excludes halogenated alkanes) is 26. The molecular weight excluding hydrogens is 636 g/mol. The summed E-state index contributed by atoms with van der Waals surface area (Å²) in [7, 11) is 0. The van der Waals surface area contributed by atoms with E-state index in [1.807, 2.05) is 0 Å². The van der Waals surface area contributed by atoms with E-state index in [1.165, 1.54) is 135 Å². The van der Waals surface area contributed by atoms with E-state index in [1.54, 1.807) is 0 Å². The van der Waals surface area contributed by atoms with Crippen molar-refractivity contribution in [3.63, 3.8) is 0 Å². The Morgan fingerprint density at radius 2 is 0.686 bits per heavy atom. The second kappa shape index (κ2) is 39.6. The molecule has 1 unspecified atom stereocenters. The van der Waals surface area contributed by atoms with Crippen LogP contribution in [-0.4, -0.2) is 37.2 Å². The van der Waals surface area contributed by atoms with Crippen molar-refractivity contribution in [2.24, 2.45) is 5.92 Å². The molecule has 2 atom stereocenters. The van der Waals surface area contributed by atoms with Gasteiger partial charge in [0.2, 0.25) is 0 Å². The van der Waals surface area contributed by atoms with E-state index in [0.717, 1.165) is 70.1 Å². The van der Waals surface area contributed by atoms with Crippen LogP contribution in [0.25, 0.3) is 0 Å². The van der Waals surface area contributed by atoms with E-state index < -0.39 is 6.10 Å². The first kappa shape index (κ1) is 49.4. The molecule has 0 amide bonds. The summed E-state index contributed by atoms with van der Waals surface area (Å²) in [5.41, 5.74) is 0. The summed E-state index contributed by atoms with van der Waals surface area (Å²) in [5, 5.41) is 0. The highest BCUT2D eigenvalue weighted by Gasteiger charge is 2.19. The Labute approximate surface area is 317 Å². The van der Waals surface area contributed by atoms with Crippen LogP contribution in [0.5, 0.6) is 0 Å². The standard InChI is InChI=1S/C45H86O6/c1-5-8-10-12-13-14-15-16-17-18-19-20-21-26-30-34-38-45(48)51-42(39-49-43(46)36-32-27-11-9-6-2)40-50-44(47)37-33-29-25-23-22-24-28-31-35-41(4)7-3/h41-42H,5-40H2,1-4H3/t41?,42-/m1/s1. The summed E-state index contributed by atoms with van der Waals surface area (Å²) < 4.78 is 16.6. The molecule has 0 aliphatic carbocycles. The number of rotatable bonds is 40. The molecule has 0 aromatic heterocycles. The zero-order valence-corrected chi connectivity index (χ0v) is 34.6. The van der Waals surface area contributed by atoms with Crippen molar-refractivity contribution >= 4 is 17.9 Å². The SMILES string of the molecule is CCCCCCCCCCCCCCCCCCC(=O)O[C@H](COC(=O)CCCCCCC)COC(=O)CCCCCCCCCCC(C)CC. The maximum absolute atomic E-state index is 12.7. The molecule has 0 aliphatic heterocycles. The van der Waals surface area contributed by atoms with Crippen LogP contribution in [0, 0.1) is 5.92 Å². The molecule has 0 radical (unpaired) electrons. The fourth-order valence-corrected chi connectivity index (χ4v) is 6.59. The van der Waals surface area contributed by atoms with Gasteiger partial charge in [-0.05, 0) is 25.2 Å². The molecule has 0 saturated carbocycles. The zero-order valence-electron chi connectivity index (χ0n) is 34.6. The summed E-state index contributed by atoms with van der Waals surface area (Å²) >= 11 is 0. The normalized spacial score (nSPS) is 12.5. The Bertz CT molecular complexity index is 768. The van der Waals surface area contributed by atoms with Gasteiger partial charge in [-0.3, -0.25) is 14.4 Å². The highest BCUT2D eigenvalue weighted by atomic mass is 16.6. The molecule has 302 valence electrons. The third-order valence-corrected chi connectivity index (χ3v) is 10.4. The van der Waals surface area contributed by atoms with Crippen molar-refractivity contribution in [1.82, 2.24) is 0 Å². The van der Waals surface area contributed by atoms with Gasteiger partial charge >= 0.3 is 17.9 Å². The van der Waals surface area contributed by atoms with Gasteiger partial charge in [0.05, 0.1) is 0 Å². The zero-order chi connectivity index (χ0) is 37.5. The lowest BCUT2D eigenvalue weighted by atomic mass is 9.99. The largest absolute Gasteiger partial charge is 0.462 e. The van der Waals surface area contributed by atoms with Gasteiger partial charge < -0.3 is 14.2 Å². The van der Waals surface area contributed by atoms with Crippen molar-refractivity contribution in [3.05, 3.63) is 0 Å². The van der Waals surface area contributed by atoms with E-state index >= 15 is 0 Å². The molecule has 0 aromatic rings. The Kier molecular flexibility index (Phi) is 38.4. The van der Waals surface area contributed by atoms with Gasteiger partial charge in [0.15, 0.2) is 6.10 Å². The molecule has 0 rings (SSSR count). The minimum atomic E-state index is -0.758. The van der Waals surface area contributed by atoms with Gasteiger partial charge in [-0.2, -0.15) is 0 Å². The summed E-state index contributed by atoms with van der Waals surface area (Å²) in [4.78, 5) is 37.4. The highest BCUT2D eigenvalue weighted by Crippen LogP contribution is 2.17. The smallest absolute Gasteiger partial charge is 0.306 e. The monoisotopic (exact) mass is 723 g/mol. The molecule has 51 heavy (non-hydrogen) atoms. The topological polar surface area (TPSA) is 78.9 Å². The van der Waals surface area contributed by atoms with E-state index in [4.69, 9.17) is 14.2 Å². The highest BCUT2D eigenvalue weighted by molar-refractivity contribution is 5.71. The number of hydrogen-bond acceptors (Lipinski definition) is 6. The lowest BCUT2D eigenvalue weighted by molar-refractivity contribution is -0.167. The van der Waals surface area contributed by atoms with E-state index in [2.05, 4.69) is 27.7 Å². The second-order valence-corrected chi connectivity index (χ2v) is 15.6. The molecule has 6 nitrogen and oxygen atoms in total. The molecule has 0 N–H and O–H groups in total. The van der Waals surface area contributed by atoms with Crippen LogP contribution in [0.4, 0.5) is 0 Å². The average Bonchev–Trinajstić information content (AvgIpc) is 3.13. The van der Waals surface area contributed by atoms with Gasteiger partial charge in [0.1, 0.15) is 13.2 Å². The van der Waals surface area contributed by atoms with Crippen molar-refractivity contribution in [2.45, 2.75) is 252 Å². The van der Waals surface area contributed by atoms with Gasteiger partial charge in [-0.1, -0.05) is 207 Å². The molecule has 0 heterocycles. The number of ether oxygens (including phenoxy) is 3. The van der Waals surface area contributed by atoms with Crippen LogP contribution >= 0.6 is 0 Å². The lowest BCUT2D eigenvalue weighted by Gasteiger charge is -2.18. The average molecular weight is 723 g/mol. The third kappa shape index (κ3) is 38.0. The minimum absolute atomic E-state index is 0.0655. The lowest BCUT2D eigenvalue weighted by Crippen LogP contribution is -2.30. The molecule has 0 fully saturated rings. The molecule has 0 aliphatic rings. The summed E-state index contributed by atoms with van der Waals surface area (Å²) in [6.07, 6.45) is 38.2. The van der Waals surface area contributed by atoms with Crippen LogP contribution in [0.3, 0.4) is 0 Å². The van der Waals surface area contributed by atoms with Gasteiger partial charge in [-0.15, -0.1) is 0 Å². The Morgan fingerprint density at radius 3 is 1.02 bits per heavy atom. The Balaban J connectivity index is 4.19. The van der Waals surface area contributed by atoms with Gasteiger partial charge in [0, 0.05) is 19.3 Å². The Morgan fingerprint density at radius 1 is 0.392 bits per heavy atom. The Hall–Kier alpha value is -1.59. The number of esters is 3. The van der Waals surface area contributed by atoms with Crippen LogP contribution in [0.15, 0.2) is 0 Å². The summed E-state index contributed by atoms with van der Waals surface area (Å²) in [6, 6.07) is 0. The first-order valence-corrected chi connectivity index (χ1v) is 22.4. The van der Waals surface area contributed by atoms with Crippen molar-refractivity contribution in [3.8, 4) is 0 Å². The van der Waals surface area contributed by atoms with Crippen LogP contribution in [0.1, 0.15) is 246 Å². The minimum Gasteiger partial charge on any atom is -0.462 e. The molecule has 0 saturated heterocycles. The second-order valence-electron chi connectivity index (χ2n) is 15.6. The first-order chi connectivity index (χ1) is 24.9. The fourth-order valence-electron chi connectivity index (χ4n) is 6.59. The maximum Gasteiger partial charge on any atom is 0.306 e. The summed E-state index contributed by atoms with van der Waals surface area (Å²) in [6.45, 7) is 8.92. The van der Waals surface area contributed by atoms with Crippen LogP contribution < -0.4 is 0 Å². The number of carbonyl (C=O) groups excluding carboxylic acids is 3. The van der Waals surface area contributed by atoms with E-state index in [0.29, 0.717) is 19.3 Å². The molecule has 6 heteroatoms. The fraction of sp³-hybridized carbons (Fsp3) is 0.933. The molecular formula is C45H86O6. The van der Waals surface area contributed by atoms with Crippen LogP contribution in [-0.2, 0) is 28.6 Å². The predicted molar refractivity (Wildman–Crippen MR) is 215 cm³/mol. The van der Waals surface area contributed by atoms with Crippen molar-refractivity contribution < 1.29 is 28.6 Å². The maximum atomic E-state index is 12.7. The van der Waals surface area contributed by atoms with E-state index in [9.17, 15) is 14.4 Å².